The number of ether oxygens (including phenoxy) is 3. The summed E-state index contributed by atoms with van der Waals surface area (Å²) in [7, 11) is 0. The van der Waals surface area contributed by atoms with Gasteiger partial charge in [-0.15, -0.1) is 0 Å². The molecule has 0 heterocycles. The summed E-state index contributed by atoms with van der Waals surface area (Å²) in [6, 6.07) is 15.2. The van der Waals surface area contributed by atoms with Crippen LogP contribution in [0.2, 0.25) is 0 Å². The molecule has 276 valence electrons. The standard InChI is InChI=1S/C44H46F3N3O3/c45-34-13-29(48)1-4-37(34)51-40-32(43-17-23-7-24(18-43)9-25(8-23)19-43)16-33(44-20-26-10-27(21-44)12-28(11-26)22-44)41(52-38-5-2-30(49)14-35(38)46)42(40)53-39-6-3-31(50)15-36(39)47/h1-6,13-16,23-28H,7-12,17-22,48-50H2. The van der Waals surface area contributed by atoms with Gasteiger partial charge in [0.15, 0.2) is 46.2 Å². The van der Waals surface area contributed by atoms with Crippen LogP contribution in [0.3, 0.4) is 0 Å². The van der Waals surface area contributed by atoms with Crippen molar-refractivity contribution in [3.05, 3.63) is 89.2 Å². The van der Waals surface area contributed by atoms with Crippen molar-refractivity contribution >= 4 is 17.1 Å². The van der Waals surface area contributed by atoms with E-state index in [1.807, 2.05) is 0 Å². The minimum absolute atomic E-state index is 0.0417. The SMILES string of the molecule is Nc1ccc(Oc2c(C34CC5CC(CC(C5)C3)C4)cc(C34CC5CC(CC(C5)C3)C4)c(Oc3ccc(N)cc3F)c2Oc2ccc(N)cc2F)c(F)c1. The van der Waals surface area contributed by atoms with E-state index < -0.39 is 17.5 Å². The summed E-state index contributed by atoms with van der Waals surface area (Å²) in [4.78, 5) is 0. The van der Waals surface area contributed by atoms with Crippen molar-refractivity contribution in [3.63, 3.8) is 0 Å². The van der Waals surface area contributed by atoms with Crippen LogP contribution in [0.15, 0.2) is 60.7 Å². The van der Waals surface area contributed by atoms with Crippen LogP contribution in [-0.4, -0.2) is 0 Å². The van der Waals surface area contributed by atoms with Gasteiger partial charge in [0.05, 0.1) is 0 Å². The lowest BCUT2D eigenvalue weighted by molar-refractivity contribution is -0.00963. The third-order valence-corrected chi connectivity index (χ3v) is 13.9. The lowest BCUT2D eigenvalue weighted by atomic mass is 9.46. The van der Waals surface area contributed by atoms with Gasteiger partial charge < -0.3 is 31.4 Å². The average Bonchev–Trinajstić information content (AvgIpc) is 3.08. The van der Waals surface area contributed by atoms with Crippen LogP contribution in [0, 0.1) is 53.0 Å². The second kappa shape index (κ2) is 12.0. The van der Waals surface area contributed by atoms with Crippen LogP contribution in [0.25, 0.3) is 0 Å². The zero-order valence-corrected chi connectivity index (χ0v) is 29.8. The van der Waals surface area contributed by atoms with Crippen LogP contribution in [0.4, 0.5) is 30.2 Å². The van der Waals surface area contributed by atoms with E-state index in [0.717, 1.165) is 49.7 Å². The maximum atomic E-state index is 15.9. The molecular weight excluding hydrogens is 675 g/mol. The quantitative estimate of drug-likeness (QED) is 0.156. The molecule has 0 aliphatic heterocycles. The fraction of sp³-hybridized carbons (Fsp3) is 0.455. The number of nitrogens with two attached hydrogens (primary N) is 3. The Kier molecular flexibility index (Phi) is 7.48. The van der Waals surface area contributed by atoms with Crippen LogP contribution in [0.5, 0.6) is 34.5 Å². The molecule has 8 saturated carbocycles. The van der Waals surface area contributed by atoms with Gasteiger partial charge in [-0.2, -0.15) is 0 Å². The first-order valence-electron chi connectivity index (χ1n) is 19.4. The Morgan fingerprint density at radius 1 is 0.415 bits per heavy atom. The molecule has 0 unspecified atom stereocenters. The highest BCUT2D eigenvalue weighted by Crippen LogP contribution is 2.68. The molecule has 8 aliphatic rings. The predicted molar refractivity (Wildman–Crippen MR) is 199 cm³/mol. The number of anilines is 3. The third kappa shape index (κ3) is 5.59. The van der Waals surface area contributed by atoms with Gasteiger partial charge in [0.1, 0.15) is 0 Å². The van der Waals surface area contributed by atoms with Gasteiger partial charge in [0.25, 0.3) is 0 Å². The number of hydrogen-bond acceptors (Lipinski definition) is 6. The predicted octanol–water partition coefficient (Wildman–Crippen LogP) is 11.2. The molecule has 9 heteroatoms. The summed E-state index contributed by atoms with van der Waals surface area (Å²) in [5, 5.41) is 0. The molecule has 12 rings (SSSR count). The van der Waals surface area contributed by atoms with Crippen molar-refractivity contribution in [2.24, 2.45) is 35.5 Å². The fourth-order valence-corrected chi connectivity index (χ4v) is 12.7. The van der Waals surface area contributed by atoms with Gasteiger partial charge >= 0.3 is 0 Å². The molecule has 8 bridgehead atoms. The highest BCUT2D eigenvalue weighted by molar-refractivity contribution is 5.67. The van der Waals surface area contributed by atoms with Crippen molar-refractivity contribution in [1.82, 2.24) is 0 Å². The first-order valence-corrected chi connectivity index (χ1v) is 19.4. The Morgan fingerprint density at radius 3 is 0.981 bits per heavy atom. The molecular formula is C44H46F3N3O3. The van der Waals surface area contributed by atoms with E-state index in [0.29, 0.717) is 35.5 Å². The molecule has 6 N–H and O–H groups in total. The van der Waals surface area contributed by atoms with Crippen molar-refractivity contribution in [2.45, 2.75) is 87.9 Å². The van der Waals surface area contributed by atoms with Gasteiger partial charge in [-0.05, 0) is 166 Å². The van der Waals surface area contributed by atoms with Gasteiger partial charge in [0.2, 0.25) is 5.75 Å². The lowest BCUT2D eigenvalue weighted by Gasteiger charge is -2.59. The molecule has 8 fully saturated rings. The summed E-state index contributed by atoms with van der Waals surface area (Å²) >= 11 is 0. The molecule has 0 saturated heterocycles. The van der Waals surface area contributed by atoms with E-state index >= 15 is 13.2 Å². The molecule has 0 aromatic heterocycles. The number of hydrogen-bond donors (Lipinski definition) is 3. The maximum absolute atomic E-state index is 15.9. The van der Waals surface area contributed by atoms with E-state index in [9.17, 15) is 0 Å². The fourth-order valence-electron chi connectivity index (χ4n) is 12.7. The highest BCUT2D eigenvalue weighted by Gasteiger charge is 2.56. The minimum atomic E-state index is -0.671. The summed E-state index contributed by atoms with van der Waals surface area (Å²) in [6.45, 7) is 0. The van der Waals surface area contributed by atoms with E-state index in [4.69, 9.17) is 31.4 Å². The van der Waals surface area contributed by atoms with E-state index in [1.165, 1.54) is 74.9 Å². The molecule has 6 nitrogen and oxygen atoms in total. The Bertz CT molecular complexity index is 1940. The topological polar surface area (TPSA) is 106 Å². The minimum Gasteiger partial charge on any atom is -0.450 e. The second-order valence-corrected chi connectivity index (χ2v) is 17.7. The Hall–Kier alpha value is -4.53. The summed E-state index contributed by atoms with van der Waals surface area (Å²) in [5.74, 6) is 2.05. The number of benzene rings is 4. The third-order valence-electron chi connectivity index (χ3n) is 13.9. The van der Waals surface area contributed by atoms with E-state index in [-0.39, 0.29) is 62.4 Å². The van der Waals surface area contributed by atoms with Crippen molar-refractivity contribution in [1.29, 1.82) is 0 Å². The van der Waals surface area contributed by atoms with E-state index in [1.54, 1.807) is 18.2 Å². The zero-order chi connectivity index (χ0) is 36.2. The van der Waals surface area contributed by atoms with Gasteiger partial charge in [-0.1, -0.05) is 0 Å². The largest absolute Gasteiger partial charge is 0.450 e. The average molecular weight is 722 g/mol. The summed E-state index contributed by atoms with van der Waals surface area (Å²) < 4.78 is 67.7. The molecule has 4 aromatic rings. The summed E-state index contributed by atoms with van der Waals surface area (Å²) in [6.07, 6.45) is 13.3. The van der Waals surface area contributed by atoms with Crippen molar-refractivity contribution in [3.8, 4) is 34.5 Å². The van der Waals surface area contributed by atoms with Crippen LogP contribution in [-0.2, 0) is 10.8 Å². The molecule has 8 aliphatic carbocycles. The summed E-state index contributed by atoms with van der Waals surface area (Å²) in [5.41, 5.74) is 20.1. The molecule has 4 aromatic carbocycles. The zero-order valence-electron chi connectivity index (χ0n) is 29.8. The second-order valence-electron chi connectivity index (χ2n) is 17.7. The maximum Gasteiger partial charge on any atom is 0.213 e. The monoisotopic (exact) mass is 721 g/mol. The molecule has 0 spiro atoms. The number of nitrogen functional groups attached to an aromatic ring is 3. The molecule has 53 heavy (non-hydrogen) atoms. The number of rotatable bonds is 8. The Balaban J connectivity index is 1.27. The molecule has 0 atom stereocenters. The van der Waals surface area contributed by atoms with Gasteiger partial charge in [0, 0.05) is 46.4 Å². The van der Waals surface area contributed by atoms with Crippen molar-refractivity contribution < 1.29 is 27.4 Å². The lowest BCUT2D eigenvalue weighted by Crippen LogP contribution is -2.50. The molecule has 0 radical (unpaired) electrons. The van der Waals surface area contributed by atoms with Crippen molar-refractivity contribution in [2.75, 3.05) is 17.2 Å². The van der Waals surface area contributed by atoms with Gasteiger partial charge in [-0.3, -0.25) is 0 Å². The van der Waals surface area contributed by atoms with Crippen LogP contribution < -0.4 is 31.4 Å². The van der Waals surface area contributed by atoms with Crippen LogP contribution in [0.1, 0.15) is 88.2 Å². The van der Waals surface area contributed by atoms with Gasteiger partial charge in [-0.25, -0.2) is 13.2 Å². The first-order chi connectivity index (χ1) is 25.5. The Labute approximate surface area is 308 Å². The number of halogens is 3. The molecule has 0 amide bonds. The van der Waals surface area contributed by atoms with Crippen LogP contribution >= 0.6 is 0 Å². The smallest absolute Gasteiger partial charge is 0.213 e. The Morgan fingerprint density at radius 2 is 0.698 bits per heavy atom. The highest BCUT2D eigenvalue weighted by atomic mass is 19.1. The normalized spacial score (nSPS) is 31.9. The van der Waals surface area contributed by atoms with E-state index in [2.05, 4.69) is 6.07 Å². The first kappa shape index (κ1) is 33.1.